The highest BCUT2D eigenvalue weighted by Crippen LogP contribution is 2.29. The van der Waals surface area contributed by atoms with Crippen molar-refractivity contribution in [2.45, 2.75) is 52.7 Å². The molecule has 0 saturated heterocycles. The number of fused-ring (bicyclic) bond motifs is 1. The molecule has 2 amide bonds. The lowest BCUT2D eigenvalue weighted by Crippen LogP contribution is -2.46. The van der Waals surface area contributed by atoms with Crippen molar-refractivity contribution in [2.75, 3.05) is 13.6 Å². The van der Waals surface area contributed by atoms with Crippen molar-refractivity contribution in [3.05, 3.63) is 40.4 Å². The molecule has 1 aliphatic heterocycles. The van der Waals surface area contributed by atoms with Gasteiger partial charge in [-0.2, -0.15) is 0 Å². The molecule has 0 bridgehead atoms. The van der Waals surface area contributed by atoms with Crippen LogP contribution in [0.3, 0.4) is 0 Å². The number of nitrogens with two attached hydrogens (primary N) is 1. The molecule has 7 nitrogen and oxygen atoms in total. The Labute approximate surface area is 186 Å². The predicted molar refractivity (Wildman–Crippen MR) is 118 cm³/mol. The highest BCUT2D eigenvalue weighted by molar-refractivity contribution is 6.30. The summed E-state index contributed by atoms with van der Waals surface area (Å²) in [5, 5.41) is 3.03. The van der Waals surface area contributed by atoms with E-state index < -0.39 is 23.7 Å². The van der Waals surface area contributed by atoms with Gasteiger partial charge in [0.05, 0.1) is 11.3 Å². The van der Waals surface area contributed by atoms with E-state index in [4.69, 9.17) is 17.3 Å². The standard InChI is InChI=1S/C22H29ClFN5O2/c1-22(2,3)11-16(19(25)30)26-21(31)18-17-12-28(4)8-5-9-29(17)20(27-18)14-7-6-13(23)10-15(14)24/h6-7,10,16H,5,8-9,11-12H2,1-4H3,(H2,25,30)(H,26,31). The van der Waals surface area contributed by atoms with Gasteiger partial charge in [0, 0.05) is 18.1 Å². The fourth-order valence-corrected chi connectivity index (χ4v) is 4.00. The molecule has 168 valence electrons. The van der Waals surface area contributed by atoms with Crippen molar-refractivity contribution in [2.24, 2.45) is 11.1 Å². The molecular formula is C22H29ClFN5O2. The lowest BCUT2D eigenvalue weighted by Gasteiger charge is -2.24. The van der Waals surface area contributed by atoms with Crippen LogP contribution in [-0.2, 0) is 17.9 Å². The summed E-state index contributed by atoms with van der Waals surface area (Å²) in [4.78, 5) is 31.8. The summed E-state index contributed by atoms with van der Waals surface area (Å²) in [5.74, 6) is -1.23. The molecule has 1 aromatic heterocycles. The summed E-state index contributed by atoms with van der Waals surface area (Å²) < 4.78 is 16.6. The molecular weight excluding hydrogens is 421 g/mol. The van der Waals surface area contributed by atoms with Crippen molar-refractivity contribution in [3.8, 4) is 11.4 Å². The van der Waals surface area contributed by atoms with E-state index in [2.05, 4.69) is 15.2 Å². The maximum atomic E-state index is 14.7. The van der Waals surface area contributed by atoms with Crippen LogP contribution in [0.2, 0.25) is 5.02 Å². The smallest absolute Gasteiger partial charge is 0.272 e. The Balaban J connectivity index is 2.04. The van der Waals surface area contributed by atoms with Crippen LogP contribution in [0.5, 0.6) is 0 Å². The monoisotopic (exact) mass is 449 g/mol. The van der Waals surface area contributed by atoms with Crippen LogP contribution < -0.4 is 11.1 Å². The van der Waals surface area contributed by atoms with Gasteiger partial charge in [-0.15, -0.1) is 0 Å². The second-order valence-corrected chi connectivity index (χ2v) is 9.73. The molecule has 0 aliphatic carbocycles. The lowest BCUT2D eigenvalue weighted by molar-refractivity contribution is -0.120. The Bertz CT molecular complexity index is 999. The number of aromatic nitrogens is 2. The molecule has 3 N–H and O–H groups in total. The number of hydrogen-bond acceptors (Lipinski definition) is 4. The number of imidazole rings is 1. The van der Waals surface area contributed by atoms with Gasteiger partial charge in [0.2, 0.25) is 5.91 Å². The summed E-state index contributed by atoms with van der Waals surface area (Å²) in [6, 6.07) is 3.56. The zero-order valence-corrected chi connectivity index (χ0v) is 19.1. The van der Waals surface area contributed by atoms with Crippen molar-refractivity contribution >= 4 is 23.4 Å². The van der Waals surface area contributed by atoms with Crippen molar-refractivity contribution in [1.29, 1.82) is 0 Å². The average molecular weight is 450 g/mol. The van der Waals surface area contributed by atoms with Gasteiger partial charge < -0.3 is 20.5 Å². The van der Waals surface area contributed by atoms with Crippen LogP contribution in [0.4, 0.5) is 4.39 Å². The van der Waals surface area contributed by atoms with Gasteiger partial charge in [0.15, 0.2) is 5.69 Å². The van der Waals surface area contributed by atoms with E-state index in [1.807, 2.05) is 32.4 Å². The molecule has 2 aromatic rings. The average Bonchev–Trinajstić information content (AvgIpc) is 2.86. The Morgan fingerprint density at radius 2 is 2.03 bits per heavy atom. The van der Waals surface area contributed by atoms with Crippen molar-refractivity contribution < 1.29 is 14.0 Å². The first-order valence-corrected chi connectivity index (χ1v) is 10.7. The summed E-state index contributed by atoms with van der Waals surface area (Å²) >= 11 is 5.91. The highest BCUT2D eigenvalue weighted by Gasteiger charge is 2.30. The first-order valence-electron chi connectivity index (χ1n) is 10.3. The molecule has 3 rings (SSSR count). The third-order valence-corrected chi connectivity index (χ3v) is 5.50. The molecule has 1 aromatic carbocycles. The summed E-state index contributed by atoms with van der Waals surface area (Å²) in [5.41, 5.74) is 6.46. The number of nitrogens with one attached hydrogen (secondary N) is 1. The quantitative estimate of drug-likeness (QED) is 0.733. The van der Waals surface area contributed by atoms with E-state index in [9.17, 15) is 14.0 Å². The second-order valence-electron chi connectivity index (χ2n) is 9.29. The number of halogens is 2. The summed E-state index contributed by atoms with van der Waals surface area (Å²) in [7, 11) is 1.96. The molecule has 0 radical (unpaired) electrons. The van der Waals surface area contributed by atoms with E-state index in [1.165, 1.54) is 6.07 Å². The fourth-order valence-electron chi connectivity index (χ4n) is 3.84. The number of carbonyl (C=O) groups is 2. The number of amides is 2. The van der Waals surface area contributed by atoms with Crippen LogP contribution in [0.25, 0.3) is 11.4 Å². The Kier molecular flexibility index (Phi) is 6.71. The largest absolute Gasteiger partial charge is 0.368 e. The van der Waals surface area contributed by atoms with Crippen LogP contribution in [-0.4, -0.2) is 45.9 Å². The van der Waals surface area contributed by atoms with Crippen LogP contribution in [0.1, 0.15) is 49.8 Å². The number of carbonyl (C=O) groups excluding carboxylic acids is 2. The number of primary amides is 1. The highest BCUT2D eigenvalue weighted by atomic mass is 35.5. The molecule has 9 heteroatoms. The number of nitrogens with zero attached hydrogens (tertiary/aromatic N) is 3. The van der Waals surface area contributed by atoms with Crippen molar-refractivity contribution in [1.82, 2.24) is 19.8 Å². The van der Waals surface area contributed by atoms with Gasteiger partial charge in [-0.3, -0.25) is 9.59 Å². The van der Waals surface area contributed by atoms with E-state index in [1.54, 1.807) is 12.1 Å². The third-order valence-electron chi connectivity index (χ3n) is 5.27. The minimum atomic E-state index is -0.830. The summed E-state index contributed by atoms with van der Waals surface area (Å²) in [6.07, 6.45) is 1.22. The van der Waals surface area contributed by atoms with Crippen LogP contribution in [0, 0.1) is 11.2 Å². The van der Waals surface area contributed by atoms with E-state index in [-0.39, 0.29) is 21.7 Å². The summed E-state index contributed by atoms with van der Waals surface area (Å²) in [6.45, 7) is 7.81. The molecule has 1 unspecified atom stereocenters. The Morgan fingerprint density at radius 3 is 2.65 bits per heavy atom. The van der Waals surface area contributed by atoms with Gasteiger partial charge >= 0.3 is 0 Å². The Morgan fingerprint density at radius 1 is 1.32 bits per heavy atom. The van der Waals surface area contributed by atoms with Gasteiger partial charge in [0.25, 0.3) is 5.91 Å². The van der Waals surface area contributed by atoms with Crippen LogP contribution in [0.15, 0.2) is 18.2 Å². The third kappa shape index (κ3) is 5.43. The van der Waals surface area contributed by atoms with Crippen molar-refractivity contribution in [3.63, 3.8) is 0 Å². The van der Waals surface area contributed by atoms with Crippen LogP contribution >= 0.6 is 11.6 Å². The predicted octanol–water partition coefficient (Wildman–Crippen LogP) is 3.20. The molecule has 31 heavy (non-hydrogen) atoms. The fraction of sp³-hybridized carbons (Fsp3) is 0.500. The van der Waals surface area contributed by atoms with E-state index in [0.29, 0.717) is 31.0 Å². The first-order chi connectivity index (χ1) is 14.5. The van der Waals surface area contributed by atoms with Gasteiger partial charge in [-0.05, 0) is 50.0 Å². The van der Waals surface area contributed by atoms with Gasteiger partial charge in [0.1, 0.15) is 17.7 Å². The minimum Gasteiger partial charge on any atom is -0.368 e. The second kappa shape index (κ2) is 8.96. The molecule has 0 spiro atoms. The van der Waals surface area contributed by atoms with E-state index >= 15 is 0 Å². The first kappa shape index (κ1) is 23.2. The molecule has 1 aliphatic rings. The SMILES string of the molecule is CN1CCCn2c(-c3ccc(Cl)cc3F)nc(C(=O)NC(CC(C)(C)C)C(N)=O)c2C1. The zero-order valence-electron chi connectivity index (χ0n) is 18.3. The number of hydrogen-bond donors (Lipinski definition) is 2. The van der Waals surface area contributed by atoms with E-state index in [0.717, 1.165) is 13.0 Å². The number of benzene rings is 1. The molecule has 0 fully saturated rings. The minimum absolute atomic E-state index is 0.179. The number of rotatable bonds is 5. The molecule has 0 saturated carbocycles. The molecule has 2 heterocycles. The maximum Gasteiger partial charge on any atom is 0.272 e. The maximum absolute atomic E-state index is 14.7. The molecule has 1 atom stereocenters. The zero-order chi connectivity index (χ0) is 22.9. The van der Waals surface area contributed by atoms with Gasteiger partial charge in [-0.25, -0.2) is 9.37 Å². The lowest BCUT2D eigenvalue weighted by atomic mass is 9.88. The van der Waals surface area contributed by atoms with Gasteiger partial charge in [-0.1, -0.05) is 32.4 Å². The topological polar surface area (TPSA) is 93.2 Å². The normalized spacial score (nSPS) is 15.8. The Hall–Kier alpha value is -2.45.